The molecule has 0 aliphatic heterocycles. The lowest BCUT2D eigenvalue weighted by Gasteiger charge is -2.28. The Kier molecular flexibility index (Phi) is 37.8. The third-order valence-corrected chi connectivity index (χ3v) is 5.47. The highest BCUT2D eigenvalue weighted by Crippen LogP contribution is 2.43. The normalized spacial score (nSPS) is 8.19. The van der Waals surface area contributed by atoms with Crippen LogP contribution in [0.2, 0.25) is 0 Å². The molecular formula is C42H69N. The summed E-state index contributed by atoms with van der Waals surface area (Å²) < 4.78 is 0. The molecule has 0 aliphatic carbocycles. The van der Waals surface area contributed by atoms with Crippen LogP contribution in [0.3, 0.4) is 0 Å². The number of hydrogen-bond donors (Lipinski definition) is 0. The van der Waals surface area contributed by atoms with E-state index in [1.165, 1.54) is 39.1 Å². The number of nitrogens with zero attached hydrogens (tertiary/aromatic N) is 1. The lowest BCUT2D eigenvalue weighted by molar-refractivity contribution is 0.868. The fraction of sp³-hybridized carbons (Fsp3) is 0.429. The third kappa shape index (κ3) is 16.2. The van der Waals surface area contributed by atoms with Crippen molar-refractivity contribution >= 4 is 5.69 Å². The summed E-state index contributed by atoms with van der Waals surface area (Å²) in [5.41, 5.74) is 8.89. The van der Waals surface area contributed by atoms with Crippen LogP contribution in [0.15, 0.2) is 103 Å². The highest BCUT2D eigenvalue weighted by molar-refractivity contribution is 5.95. The van der Waals surface area contributed by atoms with E-state index in [0.717, 1.165) is 13.1 Å². The summed E-state index contributed by atoms with van der Waals surface area (Å²) in [6, 6.07) is 36.9. The Bertz CT molecular complexity index is 989. The Morgan fingerprint density at radius 1 is 0.349 bits per heavy atom. The van der Waals surface area contributed by atoms with Gasteiger partial charge < -0.3 is 4.90 Å². The molecule has 0 saturated carbocycles. The molecule has 4 aromatic rings. The fourth-order valence-electron chi connectivity index (χ4n) is 3.99. The van der Waals surface area contributed by atoms with Crippen LogP contribution in [0.1, 0.15) is 111 Å². The van der Waals surface area contributed by atoms with Gasteiger partial charge >= 0.3 is 0 Å². The maximum absolute atomic E-state index is 2.47. The smallest absolute Gasteiger partial charge is 0.0525 e. The molecule has 0 bridgehead atoms. The van der Waals surface area contributed by atoms with Gasteiger partial charge in [0.05, 0.1) is 5.69 Å². The second-order valence-corrected chi connectivity index (χ2v) is 7.19. The van der Waals surface area contributed by atoms with Crippen LogP contribution in [0, 0.1) is 0 Å². The average molecular weight is 588 g/mol. The Balaban J connectivity index is -0.000000479. The van der Waals surface area contributed by atoms with Crippen molar-refractivity contribution in [3.63, 3.8) is 0 Å². The molecule has 4 aromatic carbocycles. The minimum Gasteiger partial charge on any atom is -0.371 e. The Hall–Kier alpha value is -3.32. The molecule has 0 unspecified atom stereocenters. The molecule has 0 aromatic heterocycles. The van der Waals surface area contributed by atoms with Crippen molar-refractivity contribution in [1.82, 2.24) is 0 Å². The highest BCUT2D eigenvalue weighted by atomic mass is 15.1. The third-order valence-electron chi connectivity index (χ3n) is 5.47. The highest BCUT2D eigenvalue weighted by Gasteiger charge is 2.18. The zero-order chi connectivity index (χ0) is 34.1. The molecule has 0 amide bonds. The minimum atomic E-state index is 0.973. The minimum absolute atomic E-state index is 0.973. The predicted octanol–water partition coefficient (Wildman–Crippen LogP) is 14.7. The van der Waals surface area contributed by atoms with Crippen molar-refractivity contribution < 1.29 is 0 Å². The van der Waals surface area contributed by atoms with Crippen molar-refractivity contribution in [1.29, 1.82) is 0 Å². The first kappa shape index (κ1) is 46.6. The predicted molar refractivity (Wildman–Crippen MR) is 206 cm³/mol. The second kappa shape index (κ2) is 34.9. The molecule has 242 valence electrons. The van der Waals surface area contributed by atoms with E-state index in [-0.39, 0.29) is 0 Å². The zero-order valence-corrected chi connectivity index (χ0v) is 31.2. The van der Waals surface area contributed by atoms with E-state index in [4.69, 9.17) is 0 Å². The van der Waals surface area contributed by atoms with Gasteiger partial charge in [0.25, 0.3) is 0 Å². The SMILES string of the molecule is CC.CC.CC.CC.CC.CC.CC.CCN(CC)c1c(-c2ccccc2)cc(-c2ccccc2)cc1-c1ccccc1. The number of rotatable bonds is 6. The molecule has 0 N–H and O–H groups in total. The molecule has 4 rings (SSSR count). The van der Waals surface area contributed by atoms with E-state index in [0.29, 0.717) is 0 Å². The van der Waals surface area contributed by atoms with Crippen molar-refractivity contribution in [2.24, 2.45) is 0 Å². The molecule has 0 saturated heterocycles. The van der Waals surface area contributed by atoms with Crippen LogP contribution in [-0.2, 0) is 0 Å². The molecule has 0 radical (unpaired) electrons. The molecule has 43 heavy (non-hydrogen) atoms. The number of anilines is 1. The summed E-state index contributed by atoms with van der Waals surface area (Å²) >= 11 is 0. The van der Waals surface area contributed by atoms with Crippen LogP contribution in [0.25, 0.3) is 33.4 Å². The molecule has 0 atom stereocenters. The van der Waals surface area contributed by atoms with E-state index in [2.05, 4.69) is 122 Å². The summed E-state index contributed by atoms with van der Waals surface area (Å²) in [5.74, 6) is 0. The Morgan fingerprint density at radius 3 is 0.860 bits per heavy atom. The van der Waals surface area contributed by atoms with Gasteiger partial charge in [-0.2, -0.15) is 0 Å². The molecule has 1 heteroatoms. The lowest BCUT2D eigenvalue weighted by Crippen LogP contribution is -2.23. The van der Waals surface area contributed by atoms with E-state index in [9.17, 15) is 0 Å². The molecule has 1 nitrogen and oxygen atoms in total. The molecule has 0 aliphatic rings. The van der Waals surface area contributed by atoms with Crippen molar-refractivity contribution in [3.05, 3.63) is 103 Å². The standard InChI is InChI=1S/C28H27N.7C2H6/c1-3-29(4-2)28-26(23-16-10-6-11-17-23)20-25(22-14-8-5-9-15-22)21-27(28)24-18-12-7-13-19-24;7*1-2/h5-21H,3-4H2,1-2H3;7*1-2H3. The lowest BCUT2D eigenvalue weighted by atomic mass is 9.90. The first-order valence-corrected chi connectivity index (χ1v) is 17.4. The van der Waals surface area contributed by atoms with Gasteiger partial charge in [-0.15, -0.1) is 0 Å². The topological polar surface area (TPSA) is 3.24 Å². The summed E-state index contributed by atoms with van der Waals surface area (Å²) in [7, 11) is 0. The van der Waals surface area contributed by atoms with Crippen molar-refractivity contribution in [2.45, 2.75) is 111 Å². The van der Waals surface area contributed by atoms with Gasteiger partial charge in [0.15, 0.2) is 0 Å². The summed E-state index contributed by atoms with van der Waals surface area (Å²) in [6.45, 7) is 34.4. The summed E-state index contributed by atoms with van der Waals surface area (Å²) in [5, 5.41) is 0. The molecule has 0 fully saturated rings. The largest absolute Gasteiger partial charge is 0.371 e. The van der Waals surface area contributed by atoms with Crippen LogP contribution in [0.5, 0.6) is 0 Å². The molecule has 0 spiro atoms. The first-order chi connectivity index (χ1) is 21.3. The van der Waals surface area contributed by atoms with Gasteiger partial charge in [-0.25, -0.2) is 0 Å². The first-order valence-electron chi connectivity index (χ1n) is 17.4. The maximum Gasteiger partial charge on any atom is 0.0525 e. The van der Waals surface area contributed by atoms with E-state index < -0.39 is 0 Å². The van der Waals surface area contributed by atoms with E-state index in [1.807, 2.05) is 96.9 Å². The summed E-state index contributed by atoms with van der Waals surface area (Å²) in [4.78, 5) is 2.47. The molecular weight excluding hydrogens is 518 g/mol. The van der Waals surface area contributed by atoms with Crippen molar-refractivity contribution in [2.75, 3.05) is 18.0 Å². The Morgan fingerprint density at radius 2 is 0.605 bits per heavy atom. The van der Waals surface area contributed by atoms with Gasteiger partial charge in [0.1, 0.15) is 0 Å². The van der Waals surface area contributed by atoms with Crippen LogP contribution < -0.4 is 4.90 Å². The Labute approximate surface area is 270 Å². The van der Waals surface area contributed by atoms with Crippen LogP contribution in [-0.4, -0.2) is 13.1 Å². The van der Waals surface area contributed by atoms with Crippen molar-refractivity contribution in [3.8, 4) is 33.4 Å². The van der Waals surface area contributed by atoms with Gasteiger partial charge in [-0.1, -0.05) is 188 Å². The van der Waals surface area contributed by atoms with Gasteiger partial charge in [0.2, 0.25) is 0 Å². The van der Waals surface area contributed by atoms with Gasteiger partial charge in [0, 0.05) is 24.2 Å². The van der Waals surface area contributed by atoms with Crippen LogP contribution >= 0.6 is 0 Å². The number of benzene rings is 4. The van der Waals surface area contributed by atoms with E-state index in [1.54, 1.807) is 0 Å². The second-order valence-electron chi connectivity index (χ2n) is 7.19. The zero-order valence-electron chi connectivity index (χ0n) is 31.2. The summed E-state index contributed by atoms with van der Waals surface area (Å²) in [6.07, 6.45) is 0. The quantitative estimate of drug-likeness (QED) is 0.217. The van der Waals surface area contributed by atoms with E-state index >= 15 is 0 Å². The van der Waals surface area contributed by atoms with Gasteiger partial charge in [-0.05, 0) is 48.2 Å². The van der Waals surface area contributed by atoms with Crippen LogP contribution in [0.4, 0.5) is 5.69 Å². The monoisotopic (exact) mass is 588 g/mol. The maximum atomic E-state index is 2.47. The average Bonchev–Trinajstić information content (AvgIpc) is 3.15. The fourth-order valence-corrected chi connectivity index (χ4v) is 3.99. The van der Waals surface area contributed by atoms with Gasteiger partial charge in [-0.3, -0.25) is 0 Å². The molecule has 0 heterocycles. The number of hydrogen-bond acceptors (Lipinski definition) is 1.